The number of aromatic nitrogens is 3. The number of aryl methyl sites for hydroxylation is 3. The molecular formula is C25H31N5O. The largest absolute Gasteiger partial charge is 0.336 e. The van der Waals surface area contributed by atoms with Gasteiger partial charge >= 0.3 is 0 Å². The highest BCUT2D eigenvalue weighted by Crippen LogP contribution is 2.19. The van der Waals surface area contributed by atoms with Gasteiger partial charge in [-0.25, -0.2) is 9.67 Å². The highest BCUT2D eigenvalue weighted by molar-refractivity contribution is 5.90. The zero-order valence-electron chi connectivity index (χ0n) is 18.7. The molecule has 0 radical (unpaired) electrons. The number of likely N-dealkylation sites (tertiary alicyclic amines) is 1. The predicted octanol–water partition coefficient (Wildman–Crippen LogP) is 3.53. The van der Waals surface area contributed by atoms with Crippen molar-refractivity contribution < 1.29 is 4.79 Å². The van der Waals surface area contributed by atoms with Gasteiger partial charge in [-0.15, -0.1) is 5.10 Å². The van der Waals surface area contributed by atoms with E-state index in [-0.39, 0.29) is 5.91 Å². The van der Waals surface area contributed by atoms with Gasteiger partial charge < -0.3 is 9.80 Å². The first kappa shape index (κ1) is 21.2. The Balaban J connectivity index is 1.58. The molecule has 3 aromatic rings. The lowest BCUT2D eigenvalue weighted by Crippen LogP contribution is -2.44. The Morgan fingerprint density at radius 3 is 2.35 bits per heavy atom. The minimum absolute atomic E-state index is 0.0644. The number of rotatable bonds is 6. The van der Waals surface area contributed by atoms with E-state index in [0.717, 1.165) is 55.8 Å². The maximum absolute atomic E-state index is 13.2. The van der Waals surface area contributed by atoms with Gasteiger partial charge in [-0.2, -0.15) is 0 Å². The van der Waals surface area contributed by atoms with Crippen LogP contribution in [0, 0.1) is 6.92 Å². The highest BCUT2D eigenvalue weighted by atomic mass is 16.2. The molecule has 6 heteroatoms. The number of carbonyl (C=O) groups is 1. The van der Waals surface area contributed by atoms with E-state index in [0.29, 0.717) is 11.9 Å². The Labute approximate surface area is 184 Å². The Morgan fingerprint density at radius 2 is 1.68 bits per heavy atom. The lowest BCUT2D eigenvalue weighted by Gasteiger charge is -2.34. The van der Waals surface area contributed by atoms with E-state index in [9.17, 15) is 4.79 Å². The van der Waals surface area contributed by atoms with Crippen molar-refractivity contribution in [1.82, 2.24) is 24.6 Å². The molecular weight excluding hydrogens is 386 g/mol. The van der Waals surface area contributed by atoms with Crippen molar-refractivity contribution in [3.63, 3.8) is 0 Å². The summed E-state index contributed by atoms with van der Waals surface area (Å²) in [5.41, 5.74) is 3.34. The molecule has 2 heterocycles. The van der Waals surface area contributed by atoms with E-state index in [1.165, 1.54) is 5.56 Å². The lowest BCUT2D eigenvalue weighted by molar-refractivity contribution is 0.0651. The maximum Gasteiger partial charge on any atom is 0.293 e. The molecule has 0 saturated carbocycles. The van der Waals surface area contributed by atoms with Gasteiger partial charge in [0.15, 0.2) is 0 Å². The Kier molecular flexibility index (Phi) is 6.47. The van der Waals surface area contributed by atoms with Crippen LogP contribution in [0.4, 0.5) is 0 Å². The smallest absolute Gasteiger partial charge is 0.293 e. The van der Waals surface area contributed by atoms with Crippen LogP contribution in [0.2, 0.25) is 0 Å². The molecule has 0 aliphatic carbocycles. The van der Waals surface area contributed by atoms with Crippen LogP contribution in [0.3, 0.4) is 0 Å². The van der Waals surface area contributed by atoms with Crippen LogP contribution in [0.25, 0.3) is 5.69 Å². The first-order valence-corrected chi connectivity index (χ1v) is 11.0. The van der Waals surface area contributed by atoms with Gasteiger partial charge in [0.1, 0.15) is 5.82 Å². The average Bonchev–Trinajstić information content (AvgIpc) is 3.22. The molecule has 1 fully saturated rings. The second-order valence-corrected chi connectivity index (χ2v) is 8.52. The first-order valence-electron chi connectivity index (χ1n) is 11.0. The van der Waals surface area contributed by atoms with E-state index < -0.39 is 0 Å². The molecule has 1 amide bonds. The standard InChI is InChI=1S/C25H31N5O/c1-19-9-7-8-12-22(19)30-23(14-13-20-10-5-4-6-11-20)26-24(27-30)25(31)29-17-15-21(16-18-29)28(2)3/h4-12,21H,13-18H2,1-3H3. The van der Waals surface area contributed by atoms with Crippen molar-refractivity contribution in [3.8, 4) is 5.69 Å². The predicted molar refractivity (Wildman–Crippen MR) is 123 cm³/mol. The maximum atomic E-state index is 13.2. The number of hydrogen-bond donors (Lipinski definition) is 0. The van der Waals surface area contributed by atoms with Gasteiger partial charge in [0.2, 0.25) is 5.82 Å². The van der Waals surface area contributed by atoms with Gasteiger partial charge in [0.25, 0.3) is 5.91 Å². The van der Waals surface area contributed by atoms with Crippen molar-refractivity contribution >= 4 is 5.91 Å². The quantitative estimate of drug-likeness (QED) is 0.616. The molecule has 1 aliphatic rings. The lowest BCUT2D eigenvalue weighted by atomic mass is 10.0. The molecule has 162 valence electrons. The van der Waals surface area contributed by atoms with Crippen LogP contribution in [0.1, 0.15) is 40.4 Å². The summed E-state index contributed by atoms with van der Waals surface area (Å²) in [6.45, 7) is 3.56. The highest BCUT2D eigenvalue weighted by Gasteiger charge is 2.28. The van der Waals surface area contributed by atoms with Crippen LogP contribution >= 0.6 is 0 Å². The van der Waals surface area contributed by atoms with E-state index in [2.05, 4.69) is 49.2 Å². The van der Waals surface area contributed by atoms with E-state index in [1.54, 1.807) is 0 Å². The molecule has 0 spiro atoms. The van der Waals surface area contributed by atoms with Gasteiger partial charge in [0.05, 0.1) is 5.69 Å². The van der Waals surface area contributed by atoms with Crippen molar-refractivity contribution in [1.29, 1.82) is 0 Å². The molecule has 31 heavy (non-hydrogen) atoms. The van der Waals surface area contributed by atoms with Crippen molar-refractivity contribution in [2.45, 2.75) is 38.6 Å². The summed E-state index contributed by atoms with van der Waals surface area (Å²) in [5.74, 6) is 1.06. The van der Waals surface area contributed by atoms with Crippen LogP contribution in [0.15, 0.2) is 54.6 Å². The van der Waals surface area contributed by atoms with Crippen molar-refractivity contribution in [2.24, 2.45) is 0 Å². The number of para-hydroxylation sites is 1. The molecule has 1 aliphatic heterocycles. The summed E-state index contributed by atoms with van der Waals surface area (Å²) >= 11 is 0. The fourth-order valence-corrected chi connectivity index (χ4v) is 4.22. The van der Waals surface area contributed by atoms with Gasteiger partial charge in [-0.1, -0.05) is 48.5 Å². The third-order valence-corrected chi connectivity index (χ3v) is 6.17. The summed E-state index contributed by atoms with van der Waals surface area (Å²) < 4.78 is 1.86. The minimum Gasteiger partial charge on any atom is -0.336 e. The Morgan fingerprint density at radius 1 is 1.00 bits per heavy atom. The van der Waals surface area contributed by atoms with Gasteiger partial charge in [-0.05, 0) is 57.5 Å². The summed E-state index contributed by atoms with van der Waals surface area (Å²) in [6, 6.07) is 19.0. The van der Waals surface area contributed by atoms with Gasteiger partial charge in [0, 0.05) is 25.6 Å². The minimum atomic E-state index is -0.0644. The van der Waals surface area contributed by atoms with Crippen molar-refractivity contribution in [3.05, 3.63) is 77.4 Å². The second-order valence-electron chi connectivity index (χ2n) is 8.52. The second kappa shape index (κ2) is 9.43. The van der Waals surface area contributed by atoms with E-state index in [4.69, 9.17) is 4.98 Å². The average molecular weight is 418 g/mol. The third kappa shape index (κ3) is 4.85. The molecule has 0 N–H and O–H groups in total. The van der Waals surface area contributed by atoms with E-state index >= 15 is 0 Å². The molecule has 1 aromatic heterocycles. The number of benzene rings is 2. The molecule has 0 unspecified atom stereocenters. The Bertz CT molecular complexity index is 1020. The van der Waals surface area contributed by atoms with E-state index in [1.807, 2.05) is 46.0 Å². The molecule has 6 nitrogen and oxygen atoms in total. The monoisotopic (exact) mass is 417 g/mol. The normalized spacial score (nSPS) is 14.9. The fourth-order valence-electron chi connectivity index (χ4n) is 4.22. The number of piperidine rings is 1. The SMILES string of the molecule is Cc1ccccc1-n1nc(C(=O)N2CCC(N(C)C)CC2)nc1CCc1ccccc1. The molecule has 0 bridgehead atoms. The number of hydrogen-bond acceptors (Lipinski definition) is 4. The summed E-state index contributed by atoms with van der Waals surface area (Å²) in [7, 11) is 4.21. The van der Waals surface area contributed by atoms with Crippen LogP contribution in [-0.2, 0) is 12.8 Å². The molecule has 2 aromatic carbocycles. The molecule has 4 rings (SSSR count). The zero-order valence-corrected chi connectivity index (χ0v) is 18.7. The van der Waals surface area contributed by atoms with Gasteiger partial charge in [-0.3, -0.25) is 4.79 Å². The zero-order chi connectivity index (χ0) is 21.8. The van der Waals surface area contributed by atoms with Crippen LogP contribution in [0.5, 0.6) is 0 Å². The third-order valence-electron chi connectivity index (χ3n) is 6.17. The number of carbonyl (C=O) groups excluding carboxylic acids is 1. The van der Waals surface area contributed by atoms with Crippen LogP contribution in [-0.4, -0.2) is 63.7 Å². The van der Waals surface area contributed by atoms with Crippen molar-refractivity contribution in [2.75, 3.05) is 27.2 Å². The van der Waals surface area contributed by atoms with Crippen LogP contribution < -0.4 is 0 Å². The first-order chi connectivity index (χ1) is 15.0. The number of amides is 1. The Hall–Kier alpha value is -2.99. The fraction of sp³-hybridized carbons (Fsp3) is 0.400. The number of nitrogens with zero attached hydrogens (tertiary/aromatic N) is 5. The molecule has 1 saturated heterocycles. The molecule has 0 atom stereocenters. The summed E-state index contributed by atoms with van der Waals surface area (Å²) in [5, 5.41) is 4.69. The topological polar surface area (TPSA) is 54.3 Å². The summed E-state index contributed by atoms with van der Waals surface area (Å²) in [6.07, 6.45) is 3.55. The summed E-state index contributed by atoms with van der Waals surface area (Å²) in [4.78, 5) is 22.1.